The summed E-state index contributed by atoms with van der Waals surface area (Å²) in [7, 11) is 0. The Balaban J connectivity index is 1.52. The van der Waals surface area contributed by atoms with Crippen LogP contribution in [-0.2, 0) is 6.61 Å². The highest BCUT2D eigenvalue weighted by Gasteiger charge is 2.23. The maximum absolute atomic E-state index is 13.6. The second-order valence-corrected chi connectivity index (χ2v) is 11.5. The highest BCUT2D eigenvalue weighted by Crippen LogP contribution is 2.37. The molecule has 0 N–H and O–H groups in total. The van der Waals surface area contributed by atoms with Gasteiger partial charge in [-0.15, -0.1) is 0 Å². The fourth-order valence-electron chi connectivity index (χ4n) is 4.94. The van der Waals surface area contributed by atoms with Gasteiger partial charge in [0.25, 0.3) is 5.56 Å². The number of aryl methyl sites for hydroxylation is 1. The number of nitrogens with zero attached hydrogens (tertiary/aromatic N) is 4. The molecule has 4 aromatic rings. The Labute approximate surface area is 242 Å². The Morgan fingerprint density at radius 1 is 1.13 bits per heavy atom. The number of nitro benzene ring substituents is 1. The molecule has 0 bridgehead atoms. The Morgan fingerprint density at radius 2 is 1.92 bits per heavy atom. The predicted octanol–water partition coefficient (Wildman–Crippen LogP) is 7.65. The van der Waals surface area contributed by atoms with Gasteiger partial charge in [-0.25, -0.2) is 4.98 Å². The summed E-state index contributed by atoms with van der Waals surface area (Å²) in [6.45, 7) is 2.16. The van der Waals surface area contributed by atoms with E-state index in [-0.39, 0.29) is 29.5 Å². The standard InChI is InChI=1S/C29H26Br2N4O4/c1-18-6-5-7-19(12-18)17-39-27-24(31)13-20(14-26(27)35(37)38)16-32-34-28(21-8-3-2-4-9-21)33-25-11-10-22(30)15-23(25)29(34)36/h5-7,10-16,21H,2-4,8-9,17H2,1H3. The summed E-state index contributed by atoms with van der Waals surface area (Å²) in [6.07, 6.45) is 6.65. The first-order chi connectivity index (χ1) is 18.8. The lowest BCUT2D eigenvalue weighted by Gasteiger charge is -2.22. The van der Waals surface area contributed by atoms with Crippen LogP contribution in [-0.4, -0.2) is 20.8 Å². The Bertz CT molecular complexity index is 1640. The zero-order valence-electron chi connectivity index (χ0n) is 21.3. The van der Waals surface area contributed by atoms with Crippen molar-refractivity contribution >= 4 is 54.7 Å². The molecule has 3 aromatic carbocycles. The number of hydrogen-bond acceptors (Lipinski definition) is 6. The average Bonchev–Trinajstić information content (AvgIpc) is 2.92. The second-order valence-electron chi connectivity index (χ2n) is 9.71. The van der Waals surface area contributed by atoms with E-state index in [1.54, 1.807) is 12.1 Å². The molecule has 0 saturated heterocycles. The van der Waals surface area contributed by atoms with Crippen LogP contribution < -0.4 is 10.3 Å². The molecular weight excluding hydrogens is 628 g/mol. The SMILES string of the molecule is Cc1cccc(COc2c(Br)cc(C=Nn3c(C4CCCCC4)nc4ccc(Br)cc4c3=O)cc2[N+](=O)[O-])c1. The van der Waals surface area contributed by atoms with E-state index < -0.39 is 4.92 Å². The van der Waals surface area contributed by atoms with E-state index in [0.717, 1.165) is 41.3 Å². The van der Waals surface area contributed by atoms with E-state index in [1.807, 2.05) is 43.3 Å². The van der Waals surface area contributed by atoms with Gasteiger partial charge in [0.15, 0.2) is 0 Å². The number of fused-ring (bicyclic) bond motifs is 1. The highest BCUT2D eigenvalue weighted by atomic mass is 79.9. The smallest absolute Gasteiger partial charge is 0.312 e. The molecule has 1 saturated carbocycles. The molecule has 10 heteroatoms. The van der Waals surface area contributed by atoms with E-state index in [1.165, 1.54) is 23.4 Å². The van der Waals surface area contributed by atoms with Crippen LogP contribution in [0, 0.1) is 17.0 Å². The molecule has 39 heavy (non-hydrogen) atoms. The lowest BCUT2D eigenvalue weighted by molar-refractivity contribution is -0.386. The summed E-state index contributed by atoms with van der Waals surface area (Å²) >= 11 is 6.87. The molecule has 0 radical (unpaired) electrons. The third-order valence-electron chi connectivity index (χ3n) is 6.83. The van der Waals surface area contributed by atoms with Gasteiger partial charge in [-0.05, 0) is 65.5 Å². The van der Waals surface area contributed by atoms with Crippen LogP contribution in [0.2, 0.25) is 0 Å². The number of ether oxygens (including phenoxy) is 1. The van der Waals surface area contributed by atoms with Crippen LogP contribution in [0.1, 0.15) is 60.5 Å². The number of aromatic nitrogens is 2. The maximum Gasteiger partial charge on any atom is 0.312 e. The molecule has 200 valence electrons. The molecule has 0 aliphatic heterocycles. The van der Waals surface area contributed by atoms with E-state index in [0.29, 0.717) is 26.8 Å². The van der Waals surface area contributed by atoms with Gasteiger partial charge >= 0.3 is 5.69 Å². The van der Waals surface area contributed by atoms with Crippen molar-refractivity contribution in [2.24, 2.45) is 5.10 Å². The number of halogens is 2. The summed E-state index contributed by atoms with van der Waals surface area (Å²) in [6, 6.07) is 16.3. The van der Waals surface area contributed by atoms with Crippen LogP contribution in [0.15, 0.2) is 73.4 Å². The van der Waals surface area contributed by atoms with Gasteiger partial charge in [0.1, 0.15) is 12.4 Å². The van der Waals surface area contributed by atoms with Crippen molar-refractivity contribution in [1.82, 2.24) is 9.66 Å². The van der Waals surface area contributed by atoms with Gasteiger partial charge < -0.3 is 4.74 Å². The molecule has 1 aliphatic rings. The van der Waals surface area contributed by atoms with Crippen molar-refractivity contribution in [2.75, 3.05) is 0 Å². The van der Waals surface area contributed by atoms with Crippen molar-refractivity contribution in [3.8, 4) is 5.75 Å². The first-order valence-electron chi connectivity index (χ1n) is 12.7. The number of nitro groups is 1. The minimum Gasteiger partial charge on any atom is -0.481 e. The van der Waals surface area contributed by atoms with Crippen molar-refractivity contribution in [2.45, 2.75) is 51.6 Å². The minimum absolute atomic E-state index is 0.120. The average molecular weight is 654 g/mol. The zero-order valence-corrected chi connectivity index (χ0v) is 24.4. The lowest BCUT2D eigenvalue weighted by atomic mass is 9.88. The van der Waals surface area contributed by atoms with E-state index >= 15 is 0 Å². The Kier molecular flexibility index (Phi) is 8.23. The molecular formula is C29H26Br2N4O4. The van der Waals surface area contributed by atoms with Gasteiger partial charge in [-0.2, -0.15) is 9.78 Å². The molecule has 1 heterocycles. The van der Waals surface area contributed by atoms with E-state index in [9.17, 15) is 14.9 Å². The van der Waals surface area contributed by atoms with Crippen LogP contribution in [0.5, 0.6) is 5.75 Å². The Hall–Kier alpha value is -3.37. The molecule has 0 atom stereocenters. The zero-order chi connectivity index (χ0) is 27.5. The van der Waals surface area contributed by atoms with Gasteiger partial charge in [0, 0.05) is 22.0 Å². The van der Waals surface area contributed by atoms with Crippen LogP contribution in [0.4, 0.5) is 5.69 Å². The van der Waals surface area contributed by atoms with E-state index in [4.69, 9.17) is 9.72 Å². The first kappa shape index (κ1) is 27.2. The van der Waals surface area contributed by atoms with Gasteiger partial charge in [-0.3, -0.25) is 14.9 Å². The van der Waals surface area contributed by atoms with Crippen LogP contribution in [0.3, 0.4) is 0 Å². The van der Waals surface area contributed by atoms with Gasteiger partial charge in [0.05, 0.1) is 26.5 Å². The third kappa shape index (κ3) is 6.12. The molecule has 1 fully saturated rings. The topological polar surface area (TPSA) is 99.6 Å². The molecule has 1 aromatic heterocycles. The van der Waals surface area contributed by atoms with Crippen molar-refractivity contribution in [3.05, 3.63) is 107 Å². The molecule has 1 aliphatic carbocycles. The molecule has 8 nitrogen and oxygen atoms in total. The fraction of sp³-hybridized carbons (Fsp3) is 0.276. The monoisotopic (exact) mass is 652 g/mol. The summed E-state index contributed by atoms with van der Waals surface area (Å²) in [5.74, 6) is 0.878. The molecule has 5 rings (SSSR count). The maximum atomic E-state index is 13.6. The summed E-state index contributed by atoms with van der Waals surface area (Å²) < 4.78 is 8.41. The molecule has 0 amide bonds. The lowest BCUT2D eigenvalue weighted by Crippen LogP contribution is -2.25. The van der Waals surface area contributed by atoms with Crippen molar-refractivity contribution in [3.63, 3.8) is 0 Å². The number of benzene rings is 3. The van der Waals surface area contributed by atoms with Gasteiger partial charge in [-0.1, -0.05) is 65.0 Å². The van der Waals surface area contributed by atoms with Crippen molar-refractivity contribution < 1.29 is 9.66 Å². The number of rotatable bonds is 7. The van der Waals surface area contributed by atoms with Crippen LogP contribution in [0.25, 0.3) is 10.9 Å². The highest BCUT2D eigenvalue weighted by molar-refractivity contribution is 9.10. The van der Waals surface area contributed by atoms with Crippen molar-refractivity contribution in [1.29, 1.82) is 0 Å². The minimum atomic E-state index is -0.484. The normalized spacial score (nSPS) is 14.2. The second kappa shape index (κ2) is 11.8. The molecule has 0 spiro atoms. The Morgan fingerprint density at radius 3 is 2.67 bits per heavy atom. The number of hydrogen-bond donors (Lipinski definition) is 0. The fourth-order valence-corrected chi connectivity index (χ4v) is 5.88. The summed E-state index contributed by atoms with van der Waals surface area (Å²) in [5, 5.41) is 16.9. The first-order valence-corrected chi connectivity index (χ1v) is 14.3. The predicted molar refractivity (Wildman–Crippen MR) is 159 cm³/mol. The van der Waals surface area contributed by atoms with E-state index in [2.05, 4.69) is 37.0 Å². The van der Waals surface area contributed by atoms with Gasteiger partial charge in [0.2, 0.25) is 5.75 Å². The summed E-state index contributed by atoms with van der Waals surface area (Å²) in [4.78, 5) is 29.9. The molecule has 0 unspecified atom stereocenters. The largest absolute Gasteiger partial charge is 0.481 e. The quantitative estimate of drug-likeness (QED) is 0.116. The summed E-state index contributed by atoms with van der Waals surface area (Å²) in [5.41, 5.74) is 2.60. The third-order valence-corrected chi connectivity index (χ3v) is 7.92. The van der Waals surface area contributed by atoms with Crippen LogP contribution >= 0.6 is 31.9 Å².